The van der Waals surface area contributed by atoms with Crippen LogP contribution in [-0.4, -0.2) is 45.3 Å². The third-order valence-electron chi connectivity index (χ3n) is 3.13. The molecule has 0 spiro atoms. The number of nitrogens with zero attached hydrogens (tertiary/aromatic N) is 1. The number of hydrogen-bond acceptors (Lipinski definition) is 3. The number of rotatable bonds is 10. The lowest BCUT2D eigenvalue weighted by atomic mass is 10.2. The van der Waals surface area contributed by atoms with Crippen molar-refractivity contribution < 1.29 is 4.74 Å². The van der Waals surface area contributed by atoms with Crippen LogP contribution >= 0.6 is 0 Å². The van der Waals surface area contributed by atoms with Gasteiger partial charge in [-0.2, -0.15) is 0 Å². The summed E-state index contributed by atoms with van der Waals surface area (Å²) in [6.45, 7) is 7.31. The van der Waals surface area contributed by atoms with Crippen LogP contribution < -0.4 is 5.32 Å². The topological polar surface area (TPSA) is 24.5 Å². The molecule has 3 heteroatoms. The summed E-state index contributed by atoms with van der Waals surface area (Å²) < 4.78 is 5.12. The Kier molecular flexibility index (Phi) is 8.47. The van der Waals surface area contributed by atoms with Crippen LogP contribution in [0.3, 0.4) is 0 Å². The summed E-state index contributed by atoms with van der Waals surface area (Å²) in [5.41, 5.74) is 1.38. The second kappa shape index (κ2) is 9.96. The van der Waals surface area contributed by atoms with Gasteiger partial charge in [-0.05, 0) is 44.6 Å². The molecule has 1 aromatic rings. The molecule has 108 valence electrons. The van der Waals surface area contributed by atoms with Crippen molar-refractivity contribution in [1.29, 1.82) is 0 Å². The maximum atomic E-state index is 5.12. The van der Waals surface area contributed by atoms with Crippen LogP contribution in [0.25, 0.3) is 0 Å². The number of nitrogens with one attached hydrogen (secondary N) is 1. The van der Waals surface area contributed by atoms with Crippen LogP contribution in [0.5, 0.6) is 0 Å². The molecule has 0 aliphatic heterocycles. The van der Waals surface area contributed by atoms with Gasteiger partial charge < -0.3 is 15.0 Å². The van der Waals surface area contributed by atoms with Crippen molar-refractivity contribution in [3.63, 3.8) is 0 Å². The Bertz CT molecular complexity index is 316. The van der Waals surface area contributed by atoms with Crippen molar-refractivity contribution in [3.05, 3.63) is 35.9 Å². The zero-order chi connectivity index (χ0) is 13.9. The van der Waals surface area contributed by atoms with E-state index < -0.39 is 0 Å². The Morgan fingerprint density at radius 2 is 2.00 bits per heavy atom. The Labute approximate surface area is 118 Å². The zero-order valence-corrected chi connectivity index (χ0v) is 12.6. The normalized spacial score (nSPS) is 12.8. The molecule has 1 N–H and O–H groups in total. The molecule has 0 saturated carbocycles. The molecule has 0 heterocycles. The number of benzene rings is 1. The van der Waals surface area contributed by atoms with Crippen LogP contribution in [0.4, 0.5) is 0 Å². The van der Waals surface area contributed by atoms with Crippen molar-refractivity contribution in [3.8, 4) is 0 Å². The zero-order valence-electron chi connectivity index (χ0n) is 12.6. The molecule has 0 amide bonds. The largest absolute Gasteiger partial charge is 0.384 e. The Balaban J connectivity index is 2.03. The van der Waals surface area contributed by atoms with E-state index >= 15 is 0 Å². The third kappa shape index (κ3) is 7.98. The van der Waals surface area contributed by atoms with Gasteiger partial charge in [-0.1, -0.05) is 37.3 Å². The van der Waals surface area contributed by atoms with E-state index in [2.05, 4.69) is 54.5 Å². The molecule has 0 radical (unpaired) electrons. The lowest BCUT2D eigenvalue weighted by Crippen LogP contribution is -2.27. The SMILES string of the molecule is COCC(C)CNCCCN(C)Cc1ccccc1. The van der Waals surface area contributed by atoms with Gasteiger partial charge in [0.25, 0.3) is 0 Å². The first kappa shape index (κ1) is 16.2. The molecule has 1 unspecified atom stereocenters. The van der Waals surface area contributed by atoms with Gasteiger partial charge in [-0.3, -0.25) is 0 Å². The minimum Gasteiger partial charge on any atom is -0.384 e. The van der Waals surface area contributed by atoms with Crippen molar-refractivity contribution in [2.75, 3.05) is 40.4 Å². The Hall–Kier alpha value is -0.900. The lowest BCUT2D eigenvalue weighted by Gasteiger charge is -2.17. The molecular formula is C16H28N2O. The van der Waals surface area contributed by atoms with Crippen LogP contribution in [0.1, 0.15) is 18.9 Å². The van der Waals surface area contributed by atoms with Crippen LogP contribution in [0.15, 0.2) is 30.3 Å². The minimum absolute atomic E-state index is 0.590. The van der Waals surface area contributed by atoms with Crippen molar-refractivity contribution in [2.45, 2.75) is 19.9 Å². The van der Waals surface area contributed by atoms with Gasteiger partial charge in [0.1, 0.15) is 0 Å². The van der Waals surface area contributed by atoms with Gasteiger partial charge in [0.05, 0.1) is 0 Å². The molecule has 0 aliphatic carbocycles. The monoisotopic (exact) mass is 264 g/mol. The molecule has 19 heavy (non-hydrogen) atoms. The summed E-state index contributed by atoms with van der Waals surface area (Å²) in [6.07, 6.45) is 1.18. The van der Waals surface area contributed by atoms with E-state index in [-0.39, 0.29) is 0 Å². The summed E-state index contributed by atoms with van der Waals surface area (Å²) in [7, 11) is 3.94. The standard InChI is InChI=1S/C16H28N2O/c1-15(14-19-3)12-17-10-7-11-18(2)13-16-8-5-4-6-9-16/h4-6,8-9,15,17H,7,10-14H2,1-3H3. The van der Waals surface area contributed by atoms with E-state index in [4.69, 9.17) is 4.74 Å². The van der Waals surface area contributed by atoms with Crippen LogP contribution in [-0.2, 0) is 11.3 Å². The molecule has 1 atom stereocenters. The van der Waals surface area contributed by atoms with Gasteiger partial charge >= 0.3 is 0 Å². The first-order valence-corrected chi connectivity index (χ1v) is 7.14. The van der Waals surface area contributed by atoms with Gasteiger partial charge in [-0.15, -0.1) is 0 Å². The predicted molar refractivity (Wildman–Crippen MR) is 81.3 cm³/mol. The van der Waals surface area contributed by atoms with Crippen molar-refractivity contribution in [1.82, 2.24) is 10.2 Å². The summed E-state index contributed by atoms with van der Waals surface area (Å²) in [4.78, 5) is 2.37. The fraction of sp³-hybridized carbons (Fsp3) is 0.625. The maximum Gasteiger partial charge on any atom is 0.0499 e. The van der Waals surface area contributed by atoms with E-state index in [1.807, 2.05) is 0 Å². The first-order valence-electron chi connectivity index (χ1n) is 7.14. The average molecular weight is 264 g/mol. The average Bonchev–Trinajstić information content (AvgIpc) is 2.40. The highest BCUT2D eigenvalue weighted by molar-refractivity contribution is 5.14. The fourth-order valence-electron chi connectivity index (χ4n) is 2.14. The summed E-state index contributed by atoms with van der Waals surface area (Å²) in [6, 6.07) is 10.6. The van der Waals surface area contributed by atoms with Gasteiger partial charge in [0.15, 0.2) is 0 Å². The number of methoxy groups -OCH3 is 1. The summed E-state index contributed by atoms with van der Waals surface area (Å²) in [5, 5.41) is 3.48. The molecule has 1 aromatic carbocycles. The number of ether oxygens (including phenoxy) is 1. The molecule has 0 aliphatic rings. The molecule has 0 fully saturated rings. The third-order valence-corrected chi connectivity index (χ3v) is 3.13. The highest BCUT2D eigenvalue weighted by Gasteiger charge is 2.01. The number of hydrogen-bond donors (Lipinski definition) is 1. The first-order chi connectivity index (χ1) is 9.22. The smallest absolute Gasteiger partial charge is 0.0499 e. The highest BCUT2D eigenvalue weighted by Crippen LogP contribution is 2.02. The van der Waals surface area contributed by atoms with Gasteiger partial charge in [0, 0.05) is 20.3 Å². The van der Waals surface area contributed by atoms with Crippen molar-refractivity contribution in [2.24, 2.45) is 5.92 Å². The van der Waals surface area contributed by atoms with Crippen LogP contribution in [0.2, 0.25) is 0 Å². The molecule has 0 bridgehead atoms. The quantitative estimate of drug-likeness (QED) is 0.657. The summed E-state index contributed by atoms with van der Waals surface area (Å²) >= 11 is 0. The van der Waals surface area contributed by atoms with E-state index in [0.717, 1.165) is 32.8 Å². The van der Waals surface area contributed by atoms with Gasteiger partial charge in [-0.25, -0.2) is 0 Å². The van der Waals surface area contributed by atoms with E-state index in [1.165, 1.54) is 12.0 Å². The van der Waals surface area contributed by atoms with E-state index in [0.29, 0.717) is 5.92 Å². The van der Waals surface area contributed by atoms with Crippen molar-refractivity contribution >= 4 is 0 Å². The van der Waals surface area contributed by atoms with E-state index in [1.54, 1.807) is 7.11 Å². The van der Waals surface area contributed by atoms with Gasteiger partial charge in [0.2, 0.25) is 0 Å². The predicted octanol–water partition coefficient (Wildman–Crippen LogP) is 2.38. The molecule has 1 rings (SSSR count). The van der Waals surface area contributed by atoms with E-state index in [9.17, 15) is 0 Å². The molecule has 0 saturated heterocycles. The second-order valence-electron chi connectivity index (χ2n) is 5.34. The minimum atomic E-state index is 0.590. The highest BCUT2D eigenvalue weighted by atomic mass is 16.5. The maximum absolute atomic E-state index is 5.12. The second-order valence-corrected chi connectivity index (χ2v) is 5.34. The molecular weight excluding hydrogens is 236 g/mol. The Morgan fingerprint density at radius 3 is 2.68 bits per heavy atom. The Morgan fingerprint density at radius 1 is 1.26 bits per heavy atom. The fourth-order valence-corrected chi connectivity index (χ4v) is 2.14. The molecule has 0 aromatic heterocycles. The lowest BCUT2D eigenvalue weighted by molar-refractivity contribution is 0.158. The van der Waals surface area contributed by atoms with Crippen LogP contribution in [0, 0.1) is 5.92 Å². The summed E-state index contributed by atoms with van der Waals surface area (Å²) in [5.74, 6) is 0.590. The molecule has 3 nitrogen and oxygen atoms in total.